The molecule has 1 atom stereocenters. The third kappa shape index (κ3) is 2.44. The summed E-state index contributed by atoms with van der Waals surface area (Å²) in [7, 11) is 0. The molecule has 0 fully saturated rings. The molecule has 0 spiro atoms. The van der Waals surface area contributed by atoms with Crippen molar-refractivity contribution in [3.05, 3.63) is 29.5 Å². The van der Waals surface area contributed by atoms with Gasteiger partial charge < -0.3 is 15.5 Å². The normalized spacial score (nSPS) is 12.9. The van der Waals surface area contributed by atoms with E-state index in [9.17, 15) is 0 Å². The molecule has 0 saturated heterocycles. The summed E-state index contributed by atoms with van der Waals surface area (Å²) in [6, 6.07) is 6.33. The lowest BCUT2D eigenvalue weighted by Crippen LogP contribution is -2.18. The molecule has 0 bridgehead atoms. The lowest BCUT2D eigenvalue weighted by Gasteiger charge is -2.06. The molecule has 0 aliphatic carbocycles. The zero-order valence-corrected chi connectivity index (χ0v) is 10.7. The number of aryl methyl sites for hydroxylation is 1. The first-order valence-electron chi connectivity index (χ1n) is 6.11. The summed E-state index contributed by atoms with van der Waals surface area (Å²) in [5.41, 5.74) is 9.55. The second-order valence-corrected chi connectivity index (χ2v) is 4.55. The first-order valence-corrected chi connectivity index (χ1v) is 6.11. The van der Waals surface area contributed by atoms with Gasteiger partial charge in [-0.05, 0) is 51.0 Å². The van der Waals surface area contributed by atoms with Crippen molar-refractivity contribution in [2.45, 2.75) is 33.2 Å². The van der Waals surface area contributed by atoms with Gasteiger partial charge in [-0.3, -0.25) is 0 Å². The maximum atomic E-state index is 5.90. The topological polar surface area (TPSA) is 51.0 Å². The number of rotatable bonds is 4. The van der Waals surface area contributed by atoms with E-state index in [2.05, 4.69) is 24.0 Å². The van der Waals surface area contributed by atoms with Crippen LogP contribution in [0.5, 0.6) is 5.75 Å². The number of aromatic nitrogens is 1. The Bertz CT molecular complexity index is 514. The minimum atomic E-state index is 0.170. The predicted octanol–water partition coefficient (Wildman–Crippen LogP) is 2.76. The molecular formula is C14H20N2O. The second kappa shape index (κ2) is 4.80. The van der Waals surface area contributed by atoms with Crippen LogP contribution >= 0.6 is 0 Å². The zero-order chi connectivity index (χ0) is 12.4. The molecule has 0 radical (unpaired) electrons. The highest BCUT2D eigenvalue weighted by molar-refractivity contribution is 5.86. The standard InChI is InChI=1S/C14H20N2O/c1-4-17-11-5-6-14-13(8-11)12(7-9(2)15)10(3)16-14/h5-6,8-9,16H,4,7,15H2,1-3H3. The fraction of sp³-hybridized carbons (Fsp3) is 0.429. The number of aromatic amines is 1. The number of benzene rings is 1. The number of hydrogen-bond donors (Lipinski definition) is 2. The molecule has 2 rings (SSSR count). The Morgan fingerprint density at radius 2 is 2.18 bits per heavy atom. The van der Waals surface area contributed by atoms with Crippen LogP contribution in [0.2, 0.25) is 0 Å². The summed E-state index contributed by atoms with van der Waals surface area (Å²) in [5, 5.41) is 1.23. The lowest BCUT2D eigenvalue weighted by molar-refractivity contribution is 0.340. The maximum Gasteiger partial charge on any atom is 0.120 e. The van der Waals surface area contributed by atoms with E-state index in [4.69, 9.17) is 10.5 Å². The number of nitrogens with two attached hydrogens (primary N) is 1. The molecule has 2 aromatic rings. The molecule has 3 heteroatoms. The van der Waals surface area contributed by atoms with Crippen molar-refractivity contribution >= 4 is 10.9 Å². The highest BCUT2D eigenvalue weighted by Crippen LogP contribution is 2.27. The van der Waals surface area contributed by atoms with Crippen molar-refractivity contribution in [2.75, 3.05) is 6.61 Å². The Labute approximate surface area is 102 Å². The van der Waals surface area contributed by atoms with Crippen molar-refractivity contribution in [1.82, 2.24) is 4.98 Å². The SMILES string of the molecule is CCOc1ccc2[nH]c(C)c(CC(C)N)c2c1. The minimum Gasteiger partial charge on any atom is -0.494 e. The Kier molecular flexibility index (Phi) is 3.38. The molecule has 1 aromatic carbocycles. The molecule has 0 saturated carbocycles. The van der Waals surface area contributed by atoms with Crippen LogP contribution in [0, 0.1) is 6.92 Å². The van der Waals surface area contributed by atoms with Crippen molar-refractivity contribution in [3.63, 3.8) is 0 Å². The maximum absolute atomic E-state index is 5.90. The van der Waals surface area contributed by atoms with E-state index in [1.165, 1.54) is 16.6 Å². The van der Waals surface area contributed by atoms with Gasteiger partial charge in [-0.1, -0.05) is 0 Å². The van der Waals surface area contributed by atoms with Crippen LogP contribution < -0.4 is 10.5 Å². The average molecular weight is 232 g/mol. The van der Waals surface area contributed by atoms with Crippen molar-refractivity contribution in [1.29, 1.82) is 0 Å². The molecular weight excluding hydrogens is 212 g/mol. The van der Waals surface area contributed by atoms with Crippen LogP contribution in [-0.2, 0) is 6.42 Å². The Morgan fingerprint density at radius 3 is 2.82 bits per heavy atom. The number of fused-ring (bicyclic) bond motifs is 1. The zero-order valence-electron chi connectivity index (χ0n) is 10.7. The number of H-pyrrole nitrogens is 1. The first kappa shape index (κ1) is 12.0. The Balaban J connectivity index is 2.49. The molecule has 1 heterocycles. The van der Waals surface area contributed by atoms with E-state index < -0.39 is 0 Å². The van der Waals surface area contributed by atoms with Gasteiger partial charge in [0.15, 0.2) is 0 Å². The quantitative estimate of drug-likeness (QED) is 0.851. The highest BCUT2D eigenvalue weighted by atomic mass is 16.5. The van der Waals surface area contributed by atoms with Crippen molar-refractivity contribution in [3.8, 4) is 5.75 Å². The van der Waals surface area contributed by atoms with Crippen LogP contribution in [0.1, 0.15) is 25.1 Å². The molecule has 0 aliphatic rings. The second-order valence-electron chi connectivity index (χ2n) is 4.55. The molecule has 3 N–H and O–H groups in total. The van der Waals surface area contributed by atoms with E-state index in [1.807, 2.05) is 19.9 Å². The van der Waals surface area contributed by atoms with Gasteiger partial charge in [0.1, 0.15) is 5.75 Å². The number of hydrogen-bond acceptors (Lipinski definition) is 2. The summed E-state index contributed by atoms with van der Waals surface area (Å²) in [6.45, 7) is 6.82. The van der Waals surface area contributed by atoms with Crippen LogP contribution in [0.4, 0.5) is 0 Å². The van der Waals surface area contributed by atoms with Crippen LogP contribution in [0.25, 0.3) is 10.9 Å². The number of nitrogens with one attached hydrogen (secondary N) is 1. The summed E-state index contributed by atoms with van der Waals surface area (Å²) < 4.78 is 5.54. The third-order valence-corrected chi connectivity index (χ3v) is 2.93. The van der Waals surface area contributed by atoms with Crippen LogP contribution in [-0.4, -0.2) is 17.6 Å². The molecule has 1 unspecified atom stereocenters. The largest absolute Gasteiger partial charge is 0.494 e. The van der Waals surface area contributed by atoms with Gasteiger partial charge in [-0.15, -0.1) is 0 Å². The van der Waals surface area contributed by atoms with Crippen LogP contribution in [0.15, 0.2) is 18.2 Å². The van der Waals surface area contributed by atoms with E-state index in [-0.39, 0.29) is 6.04 Å². The molecule has 3 nitrogen and oxygen atoms in total. The highest BCUT2D eigenvalue weighted by Gasteiger charge is 2.10. The van der Waals surface area contributed by atoms with Crippen molar-refractivity contribution in [2.24, 2.45) is 5.73 Å². The fourth-order valence-corrected chi connectivity index (χ4v) is 2.20. The van der Waals surface area contributed by atoms with Crippen molar-refractivity contribution < 1.29 is 4.74 Å². The lowest BCUT2D eigenvalue weighted by atomic mass is 10.0. The molecule has 0 amide bonds. The van der Waals surface area contributed by atoms with E-state index in [1.54, 1.807) is 0 Å². The predicted molar refractivity (Wildman–Crippen MR) is 71.6 cm³/mol. The Hall–Kier alpha value is -1.48. The summed E-state index contributed by atoms with van der Waals surface area (Å²) in [5.74, 6) is 0.921. The average Bonchev–Trinajstić information content (AvgIpc) is 2.56. The minimum absolute atomic E-state index is 0.170. The molecule has 0 aliphatic heterocycles. The van der Waals surface area contributed by atoms with Gasteiger partial charge in [0.05, 0.1) is 6.61 Å². The number of ether oxygens (including phenoxy) is 1. The first-order chi connectivity index (χ1) is 8.11. The van der Waals surface area contributed by atoms with Gasteiger partial charge in [-0.25, -0.2) is 0 Å². The van der Waals surface area contributed by atoms with Gasteiger partial charge >= 0.3 is 0 Å². The Morgan fingerprint density at radius 1 is 1.41 bits per heavy atom. The van der Waals surface area contributed by atoms with E-state index in [0.717, 1.165) is 17.7 Å². The summed E-state index contributed by atoms with van der Waals surface area (Å²) in [6.07, 6.45) is 0.890. The van der Waals surface area contributed by atoms with Crippen LogP contribution in [0.3, 0.4) is 0 Å². The fourth-order valence-electron chi connectivity index (χ4n) is 2.20. The van der Waals surface area contributed by atoms with E-state index >= 15 is 0 Å². The smallest absolute Gasteiger partial charge is 0.120 e. The van der Waals surface area contributed by atoms with Gasteiger partial charge in [0.25, 0.3) is 0 Å². The molecule has 1 aromatic heterocycles. The summed E-state index contributed by atoms with van der Waals surface area (Å²) >= 11 is 0. The third-order valence-electron chi connectivity index (χ3n) is 2.93. The molecule has 92 valence electrons. The van der Waals surface area contributed by atoms with Gasteiger partial charge in [-0.2, -0.15) is 0 Å². The van der Waals surface area contributed by atoms with Gasteiger partial charge in [0.2, 0.25) is 0 Å². The van der Waals surface area contributed by atoms with E-state index in [0.29, 0.717) is 6.61 Å². The monoisotopic (exact) mass is 232 g/mol. The summed E-state index contributed by atoms with van der Waals surface area (Å²) in [4.78, 5) is 3.39. The van der Waals surface area contributed by atoms with Gasteiger partial charge in [0, 0.05) is 22.6 Å². The molecule has 17 heavy (non-hydrogen) atoms.